The molecule has 1 atom stereocenters. The minimum atomic E-state index is 0.637. The van der Waals surface area contributed by atoms with Crippen LogP contribution >= 0.6 is 15.9 Å². The molecule has 0 bridgehead atoms. The number of unbranched alkanes of at least 4 members (excludes halogenated alkanes) is 1. The maximum absolute atomic E-state index is 3.80. The van der Waals surface area contributed by atoms with Gasteiger partial charge in [0, 0.05) is 5.33 Å². The molecule has 1 unspecified atom stereocenters. The number of alkyl halides is 1. The first kappa shape index (κ1) is 15.5. The fraction of sp³-hybridized carbons (Fsp3) is 1.00. The molecule has 0 aromatic rings. The van der Waals surface area contributed by atoms with Crippen LogP contribution in [-0.2, 0) is 0 Å². The first-order valence-electron chi connectivity index (χ1n) is 7.71. The van der Waals surface area contributed by atoms with E-state index in [1.165, 1.54) is 63.1 Å². The van der Waals surface area contributed by atoms with Crippen molar-refractivity contribution >= 4 is 15.9 Å². The second-order valence-electron chi connectivity index (χ2n) is 6.44. The van der Waals surface area contributed by atoms with Crippen molar-refractivity contribution in [1.29, 1.82) is 0 Å². The predicted octanol–water partition coefficient (Wildman–Crippen LogP) is 6.18. The van der Waals surface area contributed by atoms with Gasteiger partial charge in [-0.25, -0.2) is 0 Å². The van der Waals surface area contributed by atoms with Crippen LogP contribution in [0, 0.1) is 17.3 Å². The van der Waals surface area contributed by atoms with Gasteiger partial charge in [-0.3, -0.25) is 0 Å². The lowest BCUT2D eigenvalue weighted by Gasteiger charge is -2.41. The van der Waals surface area contributed by atoms with E-state index in [0.717, 1.165) is 11.8 Å². The normalized spacial score (nSPS) is 31.4. The summed E-state index contributed by atoms with van der Waals surface area (Å²) < 4.78 is 0. The Morgan fingerprint density at radius 3 is 2.35 bits per heavy atom. The molecule has 1 fully saturated rings. The molecule has 1 heteroatoms. The van der Waals surface area contributed by atoms with Crippen molar-refractivity contribution in [3.63, 3.8) is 0 Å². The molecule has 0 spiro atoms. The van der Waals surface area contributed by atoms with Gasteiger partial charge < -0.3 is 0 Å². The van der Waals surface area contributed by atoms with Gasteiger partial charge in [-0.1, -0.05) is 62.4 Å². The third-order valence-electron chi connectivity index (χ3n) is 4.89. The Morgan fingerprint density at radius 2 is 1.88 bits per heavy atom. The molecule has 0 radical (unpaired) electrons. The van der Waals surface area contributed by atoms with E-state index in [1.807, 2.05) is 0 Å². The van der Waals surface area contributed by atoms with Crippen LogP contribution in [0.15, 0.2) is 0 Å². The zero-order valence-electron chi connectivity index (χ0n) is 12.1. The Bertz CT molecular complexity index is 192. The average molecular weight is 303 g/mol. The zero-order valence-corrected chi connectivity index (χ0v) is 13.7. The van der Waals surface area contributed by atoms with Crippen molar-refractivity contribution < 1.29 is 0 Å². The Morgan fingerprint density at radius 1 is 1.24 bits per heavy atom. The Hall–Kier alpha value is 0.480. The van der Waals surface area contributed by atoms with Crippen LogP contribution in [0.5, 0.6) is 0 Å². The summed E-state index contributed by atoms with van der Waals surface area (Å²) in [5, 5.41) is 1.23. The van der Waals surface area contributed by atoms with Crippen LogP contribution in [0.2, 0.25) is 0 Å². The van der Waals surface area contributed by atoms with E-state index in [0.29, 0.717) is 5.41 Å². The van der Waals surface area contributed by atoms with Crippen LogP contribution in [0.25, 0.3) is 0 Å². The van der Waals surface area contributed by atoms with Crippen molar-refractivity contribution in [3.05, 3.63) is 0 Å². The van der Waals surface area contributed by atoms with Gasteiger partial charge in [0.05, 0.1) is 0 Å². The molecule has 0 aromatic heterocycles. The van der Waals surface area contributed by atoms with Gasteiger partial charge in [-0.2, -0.15) is 0 Å². The smallest absolute Gasteiger partial charge is 0.00880 e. The van der Waals surface area contributed by atoms with Gasteiger partial charge in [0.2, 0.25) is 0 Å². The zero-order chi connectivity index (χ0) is 12.7. The molecule has 1 aliphatic carbocycles. The summed E-state index contributed by atoms with van der Waals surface area (Å²) in [6.07, 6.45) is 13.0. The topological polar surface area (TPSA) is 0 Å². The third kappa shape index (κ3) is 4.93. The van der Waals surface area contributed by atoms with E-state index in [-0.39, 0.29) is 0 Å². The van der Waals surface area contributed by atoms with Crippen molar-refractivity contribution in [1.82, 2.24) is 0 Å². The van der Waals surface area contributed by atoms with Crippen molar-refractivity contribution in [2.24, 2.45) is 17.3 Å². The third-order valence-corrected chi connectivity index (χ3v) is 6.08. The molecular weight excluding hydrogens is 272 g/mol. The van der Waals surface area contributed by atoms with Crippen LogP contribution in [0.1, 0.15) is 78.6 Å². The molecule has 0 N–H and O–H groups in total. The summed E-state index contributed by atoms with van der Waals surface area (Å²) in [7, 11) is 0. The first-order valence-corrected chi connectivity index (χ1v) is 8.84. The van der Waals surface area contributed by atoms with E-state index >= 15 is 0 Å². The maximum atomic E-state index is 3.80. The highest BCUT2D eigenvalue weighted by Gasteiger charge is 2.34. The maximum Gasteiger partial charge on any atom is 0.00880 e. The monoisotopic (exact) mass is 302 g/mol. The highest BCUT2D eigenvalue weighted by molar-refractivity contribution is 9.09. The predicted molar refractivity (Wildman–Crippen MR) is 81.8 cm³/mol. The van der Waals surface area contributed by atoms with E-state index in [4.69, 9.17) is 0 Å². The molecule has 0 heterocycles. The molecule has 17 heavy (non-hydrogen) atoms. The summed E-state index contributed by atoms with van der Waals surface area (Å²) in [6, 6.07) is 0. The molecule has 1 aliphatic rings. The molecule has 1 saturated carbocycles. The summed E-state index contributed by atoms with van der Waals surface area (Å²) in [5.74, 6) is 1.94. The average Bonchev–Trinajstić information content (AvgIpc) is 2.38. The summed E-state index contributed by atoms with van der Waals surface area (Å²) >= 11 is 3.80. The number of hydrogen-bond acceptors (Lipinski definition) is 0. The minimum absolute atomic E-state index is 0.637. The minimum Gasteiger partial charge on any atom is -0.0922 e. The lowest BCUT2D eigenvalue weighted by Crippen LogP contribution is -2.31. The first-order chi connectivity index (χ1) is 8.15. The van der Waals surface area contributed by atoms with Crippen molar-refractivity contribution in [3.8, 4) is 0 Å². The van der Waals surface area contributed by atoms with Crippen LogP contribution < -0.4 is 0 Å². The lowest BCUT2D eigenvalue weighted by molar-refractivity contribution is 0.136. The SMILES string of the molecule is CCCCC1CCC(CBr)(CC(C)CC)CC1. The number of rotatable bonds is 7. The Balaban J connectivity index is 2.39. The summed E-state index contributed by atoms with van der Waals surface area (Å²) in [6.45, 7) is 7.07. The molecule has 0 saturated heterocycles. The van der Waals surface area contributed by atoms with Gasteiger partial charge in [-0.15, -0.1) is 0 Å². The molecule has 0 aromatic carbocycles. The van der Waals surface area contributed by atoms with Gasteiger partial charge >= 0.3 is 0 Å². The van der Waals surface area contributed by atoms with Gasteiger partial charge in [-0.05, 0) is 49.4 Å². The molecular formula is C16H31Br. The van der Waals surface area contributed by atoms with Crippen LogP contribution in [0.4, 0.5) is 0 Å². The fourth-order valence-corrected chi connectivity index (χ4v) is 4.14. The fourth-order valence-electron chi connectivity index (χ4n) is 3.35. The van der Waals surface area contributed by atoms with Gasteiger partial charge in [0.1, 0.15) is 0 Å². The lowest BCUT2D eigenvalue weighted by atomic mass is 9.67. The molecule has 1 rings (SSSR count). The Kier molecular flexibility index (Phi) is 7.14. The van der Waals surface area contributed by atoms with Crippen LogP contribution in [0.3, 0.4) is 0 Å². The van der Waals surface area contributed by atoms with E-state index in [1.54, 1.807) is 0 Å². The molecule has 0 aliphatic heterocycles. The standard InChI is InChI=1S/C16H31Br/c1-4-6-7-15-8-10-16(13-17,11-9-15)12-14(3)5-2/h14-15H,4-13H2,1-3H3. The van der Waals surface area contributed by atoms with Crippen molar-refractivity contribution in [2.75, 3.05) is 5.33 Å². The highest BCUT2D eigenvalue weighted by atomic mass is 79.9. The van der Waals surface area contributed by atoms with Crippen molar-refractivity contribution in [2.45, 2.75) is 78.6 Å². The van der Waals surface area contributed by atoms with E-state index < -0.39 is 0 Å². The summed E-state index contributed by atoms with van der Waals surface area (Å²) in [4.78, 5) is 0. The van der Waals surface area contributed by atoms with Crippen LogP contribution in [-0.4, -0.2) is 5.33 Å². The van der Waals surface area contributed by atoms with E-state index in [2.05, 4.69) is 36.7 Å². The Labute approximate surface area is 117 Å². The second-order valence-corrected chi connectivity index (χ2v) is 7.00. The number of hydrogen-bond donors (Lipinski definition) is 0. The summed E-state index contributed by atoms with van der Waals surface area (Å²) in [5.41, 5.74) is 0.637. The highest BCUT2D eigenvalue weighted by Crippen LogP contribution is 2.46. The molecule has 0 amide bonds. The largest absolute Gasteiger partial charge is 0.0922 e. The van der Waals surface area contributed by atoms with Gasteiger partial charge in [0.25, 0.3) is 0 Å². The number of halogens is 1. The molecule has 0 nitrogen and oxygen atoms in total. The van der Waals surface area contributed by atoms with E-state index in [9.17, 15) is 0 Å². The quantitative estimate of drug-likeness (QED) is 0.492. The van der Waals surface area contributed by atoms with Gasteiger partial charge in [0.15, 0.2) is 0 Å². The second kappa shape index (κ2) is 7.81. The molecule has 102 valence electrons.